The number of amides is 1. The Labute approximate surface area is 124 Å². The number of benzene rings is 1. The van der Waals surface area contributed by atoms with Crippen LogP contribution in [0, 0.1) is 20.8 Å². The van der Waals surface area contributed by atoms with Gasteiger partial charge < -0.3 is 15.0 Å². The third-order valence-corrected chi connectivity index (χ3v) is 3.34. The van der Waals surface area contributed by atoms with Crippen LogP contribution in [0.5, 0.6) is 5.75 Å². The Morgan fingerprint density at radius 1 is 1.29 bits per heavy atom. The number of hydrogen-bond donors (Lipinski definition) is 1. The summed E-state index contributed by atoms with van der Waals surface area (Å²) in [6, 6.07) is 5.35. The summed E-state index contributed by atoms with van der Waals surface area (Å²) >= 11 is 0. The molecule has 1 amide bonds. The van der Waals surface area contributed by atoms with Crippen molar-refractivity contribution in [2.24, 2.45) is 5.73 Å². The monoisotopic (exact) mass is 288 g/mol. The van der Waals surface area contributed by atoms with Gasteiger partial charge in [-0.15, -0.1) is 0 Å². The molecule has 2 aromatic rings. The van der Waals surface area contributed by atoms with Crippen molar-refractivity contribution in [3.63, 3.8) is 0 Å². The van der Waals surface area contributed by atoms with Crippen LogP contribution < -0.4 is 10.5 Å². The lowest BCUT2D eigenvalue weighted by molar-refractivity contribution is 0.1000. The molecule has 1 heterocycles. The van der Waals surface area contributed by atoms with E-state index in [4.69, 9.17) is 15.0 Å². The zero-order chi connectivity index (χ0) is 15.6. The van der Waals surface area contributed by atoms with E-state index >= 15 is 0 Å². The van der Waals surface area contributed by atoms with Gasteiger partial charge in [-0.25, -0.2) is 0 Å². The first-order chi connectivity index (χ1) is 9.92. The number of hydrogen-bond acceptors (Lipinski definition) is 4. The molecule has 2 N–H and O–H groups in total. The molecule has 1 aromatic heterocycles. The highest BCUT2D eigenvalue weighted by Crippen LogP contribution is 2.31. The number of aryl methyl sites for hydroxylation is 3. The molecule has 0 saturated carbocycles. The molecule has 5 nitrogen and oxygen atoms in total. The third kappa shape index (κ3) is 3.24. The van der Waals surface area contributed by atoms with Gasteiger partial charge in [0.2, 0.25) is 5.91 Å². The minimum atomic E-state index is -0.439. The molecule has 0 aliphatic rings. The summed E-state index contributed by atoms with van der Waals surface area (Å²) in [6.45, 7) is 7.68. The average Bonchev–Trinajstić information content (AvgIpc) is 2.84. The number of aromatic nitrogens is 1. The second kappa shape index (κ2) is 5.99. The molecular formula is C16H20N2O3. The SMILES string of the molecule is CCC(Oc1c(C)cc(C(N)=O)cc1C)c1cc(C)no1. The fourth-order valence-corrected chi connectivity index (χ4v) is 2.30. The summed E-state index contributed by atoms with van der Waals surface area (Å²) in [7, 11) is 0. The Balaban J connectivity index is 2.31. The highest BCUT2D eigenvalue weighted by Gasteiger charge is 2.19. The second-order valence-corrected chi connectivity index (χ2v) is 5.19. The molecule has 1 aromatic carbocycles. The molecule has 112 valence electrons. The van der Waals surface area contributed by atoms with E-state index in [1.807, 2.05) is 33.8 Å². The highest BCUT2D eigenvalue weighted by molar-refractivity contribution is 5.93. The van der Waals surface area contributed by atoms with Crippen LogP contribution >= 0.6 is 0 Å². The van der Waals surface area contributed by atoms with E-state index in [1.54, 1.807) is 12.1 Å². The molecule has 0 aliphatic carbocycles. The normalized spacial score (nSPS) is 12.2. The standard InChI is InChI=1S/C16H20N2O3/c1-5-13(14-8-11(4)18-21-14)20-15-9(2)6-12(16(17)19)7-10(15)3/h6-8,13H,5H2,1-4H3,(H2,17,19). The minimum absolute atomic E-state index is 0.206. The summed E-state index contributed by atoms with van der Waals surface area (Å²) in [5.41, 5.74) is 8.38. The molecule has 5 heteroatoms. The summed E-state index contributed by atoms with van der Waals surface area (Å²) in [6.07, 6.45) is 0.550. The number of ether oxygens (including phenoxy) is 1. The van der Waals surface area contributed by atoms with Gasteiger partial charge >= 0.3 is 0 Å². The van der Waals surface area contributed by atoms with Crippen molar-refractivity contribution in [3.8, 4) is 5.75 Å². The number of carbonyl (C=O) groups is 1. The zero-order valence-corrected chi connectivity index (χ0v) is 12.8. The van der Waals surface area contributed by atoms with Gasteiger partial charge in [-0.3, -0.25) is 4.79 Å². The van der Waals surface area contributed by atoms with Crippen LogP contribution in [0.1, 0.15) is 52.4 Å². The summed E-state index contributed by atoms with van der Waals surface area (Å²) < 4.78 is 11.4. The van der Waals surface area contributed by atoms with Crippen LogP contribution in [0.25, 0.3) is 0 Å². The van der Waals surface area contributed by atoms with Crippen LogP contribution in [-0.2, 0) is 0 Å². The van der Waals surface area contributed by atoms with Gasteiger partial charge in [-0.2, -0.15) is 0 Å². The molecule has 0 fully saturated rings. The smallest absolute Gasteiger partial charge is 0.248 e. The Hall–Kier alpha value is -2.30. The van der Waals surface area contributed by atoms with Crippen molar-refractivity contribution in [1.82, 2.24) is 5.16 Å². The van der Waals surface area contributed by atoms with Crippen molar-refractivity contribution in [2.45, 2.75) is 40.2 Å². The van der Waals surface area contributed by atoms with E-state index < -0.39 is 5.91 Å². The molecule has 0 aliphatic heterocycles. The Morgan fingerprint density at radius 3 is 2.33 bits per heavy atom. The highest BCUT2D eigenvalue weighted by atomic mass is 16.5. The van der Waals surface area contributed by atoms with Crippen molar-refractivity contribution in [3.05, 3.63) is 46.3 Å². The van der Waals surface area contributed by atoms with Crippen LogP contribution in [0.3, 0.4) is 0 Å². The van der Waals surface area contributed by atoms with Crippen molar-refractivity contribution < 1.29 is 14.1 Å². The molecule has 0 spiro atoms. The maximum atomic E-state index is 11.3. The number of rotatable bonds is 5. The largest absolute Gasteiger partial charge is 0.482 e. The second-order valence-electron chi connectivity index (χ2n) is 5.19. The first-order valence-electron chi connectivity index (χ1n) is 6.93. The van der Waals surface area contributed by atoms with Gasteiger partial charge in [0.25, 0.3) is 0 Å². The van der Waals surface area contributed by atoms with E-state index in [2.05, 4.69) is 5.16 Å². The summed E-state index contributed by atoms with van der Waals surface area (Å²) in [4.78, 5) is 11.3. The quantitative estimate of drug-likeness (QED) is 0.916. The van der Waals surface area contributed by atoms with Gasteiger partial charge in [0, 0.05) is 11.6 Å². The van der Waals surface area contributed by atoms with E-state index in [9.17, 15) is 4.79 Å². The van der Waals surface area contributed by atoms with Crippen LogP contribution in [0.4, 0.5) is 0 Å². The molecule has 0 radical (unpaired) electrons. The van der Waals surface area contributed by atoms with E-state index in [0.717, 1.165) is 29.0 Å². The maximum Gasteiger partial charge on any atom is 0.248 e. The van der Waals surface area contributed by atoms with Crippen molar-refractivity contribution >= 4 is 5.91 Å². The lowest BCUT2D eigenvalue weighted by atomic mass is 10.0. The van der Waals surface area contributed by atoms with Crippen LogP contribution in [0.15, 0.2) is 22.7 Å². The molecule has 0 saturated heterocycles. The molecule has 0 bridgehead atoms. The average molecular weight is 288 g/mol. The number of nitrogens with two attached hydrogens (primary N) is 1. The van der Waals surface area contributed by atoms with E-state index in [1.165, 1.54) is 0 Å². The molecular weight excluding hydrogens is 268 g/mol. The molecule has 21 heavy (non-hydrogen) atoms. The molecule has 1 atom stereocenters. The first-order valence-corrected chi connectivity index (χ1v) is 6.93. The predicted molar refractivity (Wildman–Crippen MR) is 79.3 cm³/mol. The number of nitrogens with zero attached hydrogens (tertiary/aromatic N) is 1. The summed E-state index contributed by atoms with van der Waals surface area (Å²) in [5, 5.41) is 3.89. The lowest BCUT2D eigenvalue weighted by Gasteiger charge is -2.19. The van der Waals surface area contributed by atoms with E-state index in [-0.39, 0.29) is 6.10 Å². The molecule has 2 rings (SSSR count). The lowest BCUT2D eigenvalue weighted by Crippen LogP contribution is -2.13. The Morgan fingerprint density at radius 2 is 1.90 bits per heavy atom. The topological polar surface area (TPSA) is 78.4 Å². The van der Waals surface area contributed by atoms with Crippen LogP contribution in [-0.4, -0.2) is 11.1 Å². The van der Waals surface area contributed by atoms with Crippen molar-refractivity contribution in [1.29, 1.82) is 0 Å². The van der Waals surface area contributed by atoms with Crippen LogP contribution in [0.2, 0.25) is 0 Å². The first kappa shape index (κ1) is 15.1. The van der Waals surface area contributed by atoms with Gasteiger partial charge in [-0.05, 0) is 50.5 Å². The van der Waals surface area contributed by atoms with Gasteiger partial charge in [0.05, 0.1) is 5.69 Å². The number of carbonyl (C=O) groups excluding carboxylic acids is 1. The molecule has 1 unspecified atom stereocenters. The third-order valence-electron chi connectivity index (χ3n) is 3.34. The zero-order valence-electron chi connectivity index (χ0n) is 12.8. The van der Waals surface area contributed by atoms with E-state index in [0.29, 0.717) is 11.3 Å². The minimum Gasteiger partial charge on any atom is -0.482 e. The van der Waals surface area contributed by atoms with Gasteiger partial charge in [-0.1, -0.05) is 12.1 Å². The van der Waals surface area contributed by atoms with Gasteiger partial charge in [0.1, 0.15) is 5.75 Å². The maximum absolute atomic E-state index is 11.3. The van der Waals surface area contributed by atoms with Gasteiger partial charge in [0.15, 0.2) is 11.9 Å². The Kier molecular flexibility index (Phi) is 4.31. The summed E-state index contributed by atoms with van der Waals surface area (Å²) in [5.74, 6) is 1.01. The predicted octanol–water partition coefficient (Wildman–Crippen LogP) is 3.23. The fraction of sp³-hybridized carbons (Fsp3) is 0.375. The van der Waals surface area contributed by atoms with Crippen molar-refractivity contribution in [2.75, 3.05) is 0 Å². The fourth-order valence-electron chi connectivity index (χ4n) is 2.30. The number of primary amides is 1. The Bertz CT molecular complexity index is 638.